The van der Waals surface area contributed by atoms with Crippen LogP contribution in [0.25, 0.3) is 11.0 Å². The molecule has 132 valence electrons. The zero-order valence-corrected chi connectivity index (χ0v) is 14.8. The molecule has 0 saturated carbocycles. The van der Waals surface area contributed by atoms with Crippen LogP contribution in [-0.4, -0.2) is 42.2 Å². The molecule has 0 bridgehead atoms. The van der Waals surface area contributed by atoms with E-state index in [-0.39, 0.29) is 41.3 Å². The van der Waals surface area contributed by atoms with E-state index in [1.54, 1.807) is 12.1 Å². The van der Waals surface area contributed by atoms with Gasteiger partial charge in [0.15, 0.2) is 5.52 Å². The summed E-state index contributed by atoms with van der Waals surface area (Å²) in [4.78, 5) is 0.0992. The van der Waals surface area contributed by atoms with Crippen molar-refractivity contribution in [3.8, 4) is 0 Å². The maximum absolute atomic E-state index is 13.0. The van der Waals surface area contributed by atoms with Crippen LogP contribution < -0.4 is 5.73 Å². The van der Waals surface area contributed by atoms with E-state index >= 15 is 0 Å². The third-order valence-corrected chi connectivity index (χ3v) is 6.29. The topological polar surface area (TPSA) is 102 Å². The molecular formula is C16H17ClN4O3S. The molecule has 4 rings (SSSR count). The Hall–Kier alpha value is -2.00. The molecule has 0 aliphatic carbocycles. The van der Waals surface area contributed by atoms with Crippen molar-refractivity contribution < 1.29 is 13.0 Å². The van der Waals surface area contributed by atoms with Gasteiger partial charge >= 0.3 is 0 Å². The zero-order chi connectivity index (χ0) is 16.7. The highest BCUT2D eigenvalue weighted by Crippen LogP contribution is 2.32. The van der Waals surface area contributed by atoms with Crippen LogP contribution in [0.15, 0.2) is 58.1 Å². The number of halogens is 1. The lowest BCUT2D eigenvalue weighted by molar-refractivity contribution is 0.315. The number of rotatable bonds is 3. The first kappa shape index (κ1) is 17.8. The molecule has 2 aromatic carbocycles. The van der Waals surface area contributed by atoms with Gasteiger partial charge in [0, 0.05) is 25.0 Å². The van der Waals surface area contributed by atoms with Crippen LogP contribution >= 0.6 is 12.4 Å². The quantitative estimate of drug-likeness (QED) is 0.742. The Morgan fingerprint density at radius 3 is 2.56 bits per heavy atom. The summed E-state index contributed by atoms with van der Waals surface area (Å²) in [6.45, 7) is 0.610. The third-order valence-electron chi connectivity index (χ3n) is 4.43. The minimum Gasteiger partial charge on any atom is -0.326 e. The van der Waals surface area contributed by atoms with E-state index in [1.807, 2.05) is 30.3 Å². The van der Waals surface area contributed by atoms with Crippen molar-refractivity contribution in [2.24, 2.45) is 5.73 Å². The van der Waals surface area contributed by atoms with Gasteiger partial charge in [-0.05, 0) is 28.0 Å². The van der Waals surface area contributed by atoms with Crippen LogP contribution in [0.5, 0.6) is 0 Å². The predicted molar refractivity (Wildman–Crippen MR) is 95.0 cm³/mol. The summed E-state index contributed by atoms with van der Waals surface area (Å²) in [6.07, 6.45) is 0. The fourth-order valence-electron chi connectivity index (χ4n) is 3.17. The Morgan fingerprint density at radius 2 is 1.80 bits per heavy atom. The summed E-state index contributed by atoms with van der Waals surface area (Å²) in [5, 5.41) is 7.43. The smallest absolute Gasteiger partial charge is 0.245 e. The largest absolute Gasteiger partial charge is 0.326 e. The fourth-order valence-corrected chi connectivity index (χ4v) is 4.81. The molecule has 0 radical (unpaired) electrons. The van der Waals surface area contributed by atoms with Gasteiger partial charge in [0.05, 0.1) is 0 Å². The van der Waals surface area contributed by atoms with Crippen molar-refractivity contribution in [1.29, 1.82) is 0 Å². The number of sulfonamides is 1. The van der Waals surface area contributed by atoms with Gasteiger partial charge in [0.25, 0.3) is 0 Å². The molecule has 0 unspecified atom stereocenters. The number of nitrogens with two attached hydrogens (primary N) is 1. The molecule has 0 spiro atoms. The van der Waals surface area contributed by atoms with Crippen molar-refractivity contribution in [2.45, 2.75) is 16.9 Å². The van der Waals surface area contributed by atoms with E-state index in [4.69, 9.17) is 5.73 Å². The summed E-state index contributed by atoms with van der Waals surface area (Å²) in [5.74, 6) is -0.0318. The van der Waals surface area contributed by atoms with Gasteiger partial charge in [0.2, 0.25) is 10.0 Å². The summed E-state index contributed by atoms with van der Waals surface area (Å²) in [6, 6.07) is 14.3. The summed E-state index contributed by atoms with van der Waals surface area (Å²) in [7, 11) is -3.72. The Kier molecular flexibility index (Phi) is 4.79. The Balaban J connectivity index is 0.00000182. The van der Waals surface area contributed by atoms with Crippen LogP contribution in [0.4, 0.5) is 0 Å². The summed E-state index contributed by atoms with van der Waals surface area (Å²) < 4.78 is 32.1. The van der Waals surface area contributed by atoms with Gasteiger partial charge < -0.3 is 5.73 Å². The van der Waals surface area contributed by atoms with Crippen LogP contribution in [-0.2, 0) is 10.0 Å². The number of aromatic nitrogens is 2. The molecule has 1 fully saturated rings. The maximum atomic E-state index is 13.0. The number of fused-ring (bicyclic) bond motifs is 1. The minimum atomic E-state index is -3.72. The van der Waals surface area contributed by atoms with E-state index < -0.39 is 10.0 Å². The lowest BCUT2D eigenvalue weighted by Gasteiger charge is -2.16. The van der Waals surface area contributed by atoms with Gasteiger partial charge in [-0.25, -0.2) is 13.0 Å². The van der Waals surface area contributed by atoms with Crippen LogP contribution in [0.3, 0.4) is 0 Å². The summed E-state index contributed by atoms with van der Waals surface area (Å²) in [5.41, 5.74) is 7.92. The fraction of sp³-hybridized carbons (Fsp3) is 0.250. The second-order valence-electron chi connectivity index (χ2n) is 5.89. The molecule has 1 aliphatic heterocycles. The van der Waals surface area contributed by atoms with Gasteiger partial charge in [-0.3, -0.25) is 0 Å². The second kappa shape index (κ2) is 6.72. The number of hydrogen-bond acceptors (Lipinski definition) is 6. The lowest BCUT2D eigenvalue weighted by Crippen LogP contribution is -2.32. The number of benzene rings is 2. The number of hydrogen-bond donors (Lipinski definition) is 1. The van der Waals surface area contributed by atoms with Crippen molar-refractivity contribution >= 4 is 33.5 Å². The molecular weight excluding hydrogens is 364 g/mol. The average Bonchev–Trinajstić information content (AvgIpc) is 3.21. The van der Waals surface area contributed by atoms with Crippen molar-refractivity contribution in [2.75, 3.05) is 13.1 Å². The zero-order valence-electron chi connectivity index (χ0n) is 13.1. The van der Waals surface area contributed by atoms with Crippen LogP contribution in [0.1, 0.15) is 11.5 Å². The van der Waals surface area contributed by atoms with Gasteiger partial charge in [-0.2, -0.15) is 4.31 Å². The van der Waals surface area contributed by atoms with Crippen molar-refractivity contribution in [3.05, 3.63) is 54.1 Å². The van der Waals surface area contributed by atoms with Gasteiger partial charge in [-0.15, -0.1) is 12.4 Å². The SMILES string of the molecule is Cl.N[C@@H]1CN(S(=O)(=O)c2cccc3nonc23)C[C@H]1c1ccccc1. The molecule has 1 aromatic heterocycles. The summed E-state index contributed by atoms with van der Waals surface area (Å²) >= 11 is 0. The Bertz CT molecular complexity index is 977. The van der Waals surface area contributed by atoms with E-state index in [2.05, 4.69) is 14.9 Å². The van der Waals surface area contributed by atoms with Crippen LogP contribution in [0, 0.1) is 0 Å². The minimum absolute atomic E-state index is 0. The van der Waals surface area contributed by atoms with E-state index in [0.717, 1.165) is 5.56 Å². The first-order valence-corrected chi connectivity index (χ1v) is 9.03. The highest BCUT2D eigenvalue weighted by atomic mass is 35.5. The Morgan fingerprint density at radius 1 is 1.04 bits per heavy atom. The van der Waals surface area contributed by atoms with E-state index in [9.17, 15) is 8.42 Å². The standard InChI is InChI=1S/C16H16N4O3S.ClH/c17-13-10-20(9-12(13)11-5-2-1-3-6-11)24(21,22)15-8-4-7-14-16(15)19-23-18-14;/h1-8,12-13H,9-10,17H2;1H/t12-,13+;/m0./s1. The highest BCUT2D eigenvalue weighted by Gasteiger charge is 2.39. The second-order valence-corrected chi connectivity index (χ2v) is 7.80. The molecule has 7 nitrogen and oxygen atoms in total. The molecule has 25 heavy (non-hydrogen) atoms. The van der Waals surface area contributed by atoms with E-state index in [1.165, 1.54) is 10.4 Å². The first-order chi connectivity index (χ1) is 11.6. The third kappa shape index (κ3) is 3.02. The van der Waals surface area contributed by atoms with E-state index in [0.29, 0.717) is 12.1 Å². The number of nitrogens with zero attached hydrogens (tertiary/aromatic N) is 3. The predicted octanol–water partition coefficient (Wildman–Crippen LogP) is 1.76. The molecule has 3 aromatic rings. The monoisotopic (exact) mass is 380 g/mol. The van der Waals surface area contributed by atoms with Crippen molar-refractivity contribution in [1.82, 2.24) is 14.6 Å². The first-order valence-electron chi connectivity index (χ1n) is 7.59. The van der Waals surface area contributed by atoms with Gasteiger partial charge in [-0.1, -0.05) is 36.4 Å². The molecule has 2 heterocycles. The normalized spacial score (nSPS) is 21.3. The average molecular weight is 381 g/mol. The van der Waals surface area contributed by atoms with Gasteiger partial charge in [0.1, 0.15) is 10.4 Å². The molecule has 9 heteroatoms. The molecule has 2 N–H and O–H groups in total. The molecule has 0 amide bonds. The van der Waals surface area contributed by atoms with Crippen molar-refractivity contribution in [3.63, 3.8) is 0 Å². The molecule has 1 aliphatic rings. The molecule has 2 atom stereocenters. The van der Waals surface area contributed by atoms with Crippen LogP contribution in [0.2, 0.25) is 0 Å². The highest BCUT2D eigenvalue weighted by molar-refractivity contribution is 7.89. The lowest BCUT2D eigenvalue weighted by atomic mass is 9.95. The molecule has 1 saturated heterocycles. The maximum Gasteiger partial charge on any atom is 0.245 e. The Labute approximate surface area is 151 Å².